The Morgan fingerprint density at radius 1 is 0.259 bits per heavy atom. The van der Waals surface area contributed by atoms with Crippen LogP contribution >= 0.6 is 0 Å². The Balaban J connectivity index is 0.000000180. The van der Waals surface area contributed by atoms with Crippen LogP contribution in [0.1, 0.15) is 234 Å². The molecule has 0 bridgehead atoms. The van der Waals surface area contributed by atoms with Crippen LogP contribution in [0, 0.1) is 5.92 Å². The van der Waals surface area contributed by atoms with E-state index in [0.717, 1.165) is 163 Å². The zero-order valence-corrected chi connectivity index (χ0v) is 63.4. The van der Waals surface area contributed by atoms with E-state index in [1.54, 1.807) is 48.5 Å². The molecule has 0 saturated carbocycles. The number of hydrogen-bond donors (Lipinski definition) is 0. The minimum absolute atomic E-state index is 0.0634. The molecule has 0 aromatic heterocycles. The number of fused-ring (bicyclic) bond motifs is 6. The Hall–Kier alpha value is -11.0. The third kappa shape index (κ3) is 20.6. The maximum atomic E-state index is 11.8. The number of carbonyl (C=O) groups excluding carboxylic acids is 12. The van der Waals surface area contributed by atoms with Gasteiger partial charge in [0.1, 0.15) is 0 Å². The number of rotatable bonds is 12. The molecule has 24 nitrogen and oxygen atoms in total. The van der Waals surface area contributed by atoms with Gasteiger partial charge in [0.25, 0.3) is 0 Å². The van der Waals surface area contributed by atoms with Gasteiger partial charge in [-0.3, -0.25) is 24.0 Å². The van der Waals surface area contributed by atoms with Crippen LogP contribution in [-0.4, -0.2) is 157 Å². The van der Waals surface area contributed by atoms with Gasteiger partial charge in [0.2, 0.25) is 0 Å². The van der Waals surface area contributed by atoms with E-state index in [0.29, 0.717) is 64.6 Å². The first-order chi connectivity index (χ1) is 52.1. The Kier molecular flexibility index (Phi) is 32.1. The van der Waals surface area contributed by atoms with E-state index >= 15 is 0 Å². The van der Waals surface area contributed by atoms with E-state index in [1.165, 1.54) is 85.3 Å². The predicted molar refractivity (Wildman–Crippen MR) is 393 cm³/mol. The second-order valence-corrected chi connectivity index (χ2v) is 26.1. The number of methoxy groups -OCH3 is 12. The molecule has 6 aliphatic rings. The van der Waals surface area contributed by atoms with Gasteiger partial charge in [-0.15, -0.1) is 0 Å². The summed E-state index contributed by atoms with van der Waals surface area (Å²) in [5.41, 5.74) is 15.1. The molecule has 6 aromatic carbocycles. The van der Waals surface area contributed by atoms with Gasteiger partial charge in [-0.05, 0) is 237 Å². The van der Waals surface area contributed by atoms with E-state index in [4.69, 9.17) is 56.8 Å². The zero-order valence-electron chi connectivity index (χ0n) is 63.4. The molecular formula is C84H96O24. The number of aryl methyl sites for hydroxylation is 4. The lowest BCUT2D eigenvalue weighted by molar-refractivity contribution is -0.146. The fourth-order valence-electron chi connectivity index (χ4n) is 14.8. The highest BCUT2D eigenvalue weighted by atomic mass is 16.6. The SMILES string of the molecule is COC(=O)C1CCC(C(=O)OC)c2ccccc21.COC(=O)c1cc2c(cc1C(=O)OC)CCCC2.COC(=O)c1ccc(C(=O)OC)c2c1CCCC2.COC(=O)c1ccc2c(c1)CCC(C(=O)OC)C2.COC(=O)c1cccc2c1C(C(=O)OC)CCC2.COC(=O)c1cccc2c1CCCC2C(=O)OC. The van der Waals surface area contributed by atoms with Gasteiger partial charge in [-0.25, -0.2) is 33.6 Å². The minimum Gasteiger partial charge on any atom is -0.469 e. The number of esters is 12. The van der Waals surface area contributed by atoms with Crippen LogP contribution in [0.3, 0.4) is 0 Å². The van der Waals surface area contributed by atoms with Gasteiger partial charge in [0, 0.05) is 0 Å². The Bertz CT molecular complexity index is 4140. The normalized spacial score (nSPS) is 17.1. The summed E-state index contributed by atoms with van der Waals surface area (Å²) in [5.74, 6) is -5.14. The van der Waals surface area contributed by atoms with E-state index in [-0.39, 0.29) is 83.3 Å². The smallest absolute Gasteiger partial charge is 0.338 e. The van der Waals surface area contributed by atoms with Gasteiger partial charge in [-0.2, -0.15) is 0 Å². The van der Waals surface area contributed by atoms with Crippen molar-refractivity contribution in [3.8, 4) is 0 Å². The molecule has 0 heterocycles. The maximum Gasteiger partial charge on any atom is 0.338 e. The lowest BCUT2D eigenvalue weighted by Crippen LogP contribution is -2.26. The average molecular weight is 1490 g/mol. The van der Waals surface area contributed by atoms with Gasteiger partial charge >= 0.3 is 71.6 Å². The third-order valence-electron chi connectivity index (χ3n) is 20.3. The lowest BCUT2D eigenvalue weighted by atomic mass is 9.76. The first-order valence-electron chi connectivity index (χ1n) is 35.8. The van der Waals surface area contributed by atoms with Crippen molar-refractivity contribution in [2.45, 2.75) is 146 Å². The molecule has 5 unspecified atom stereocenters. The molecule has 5 atom stereocenters. The van der Waals surface area contributed by atoms with Crippen molar-refractivity contribution >= 4 is 71.6 Å². The van der Waals surface area contributed by atoms with E-state index in [2.05, 4.69) is 0 Å². The summed E-state index contributed by atoms with van der Waals surface area (Å²) in [6.07, 6.45) is 16.2. The summed E-state index contributed by atoms with van der Waals surface area (Å²) in [5, 5.41) is 0. The highest BCUT2D eigenvalue weighted by Gasteiger charge is 2.37. The van der Waals surface area contributed by atoms with Gasteiger partial charge < -0.3 is 56.8 Å². The minimum atomic E-state index is -0.497. The molecule has 108 heavy (non-hydrogen) atoms. The summed E-state index contributed by atoms with van der Waals surface area (Å²) in [6, 6.07) is 30.7. The molecule has 0 amide bonds. The molecule has 0 fully saturated rings. The number of ether oxygens (including phenoxy) is 12. The van der Waals surface area contributed by atoms with Crippen LogP contribution < -0.4 is 0 Å². The fraction of sp³-hybridized carbons (Fsp3) is 0.429. The topological polar surface area (TPSA) is 316 Å². The van der Waals surface area contributed by atoms with Crippen LogP contribution in [-0.2, 0) is 132 Å². The van der Waals surface area contributed by atoms with Crippen LogP contribution in [0.25, 0.3) is 0 Å². The van der Waals surface area contributed by atoms with Crippen molar-refractivity contribution in [2.24, 2.45) is 5.92 Å². The number of carbonyl (C=O) groups is 12. The summed E-state index contributed by atoms with van der Waals surface area (Å²) >= 11 is 0. The standard InChI is InChI=1S/6C14H16O4/c1-17-13(15)11-7-3-6-10-9(11)5-4-8-12(10)14(16)18-2;1-17-13(15)11-5-3-10-8-12(14(16)18-2)6-4-9(10)7-11;1-17-13(15)10-7-3-5-9-6-4-8-11(12(9)10)14(16)18-2;1-17-13(15)11-7-9-5-3-4-6-10(9)8-12(11)14(16)18-2;2*1-17-13(15)11-7-8-12(14(16)18-2)10-6-4-3-5-9(10)11/h3,6-7,12H,4-5,8H2,1-2H3;3,5,7,12H,4,6,8H2,1-2H3;3,5,7,11H,4,6,8H2,1-2H3;2*7-8H,3-6H2,1-2H3;3-6,11-12H,7-8H2,1-2H3. The molecular weight excluding hydrogens is 1390 g/mol. The summed E-state index contributed by atoms with van der Waals surface area (Å²) in [7, 11) is 16.4. The maximum absolute atomic E-state index is 11.8. The summed E-state index contributed by atoms with van der Waals surface area (Å²) < 4.78 is 57.3. The quantitative estimate of drug-likeness (QED) is 0.0811. The van der Waals surface area contributed by atoms with E-state index in [1.807, 2.05) is 54.6 Å². The van der Waals surface area contributed by atoms with Gasteiger partial charge in [0.05, 0.1) is 154 Å². The third-order valence-corrected chi connectivity index (χ3v) is 20.3. The monoisotopic (exact) mass is 1490 g/mol. The average Bonchev–Trinajstić information content (AvgIpc) is 0.810. The van der Waals surface area contributed by atoms with Gasteiger partial charge in [-0.1, -0.05) is 54.6 Å². The number of benzene rings is 6. The van der Waals surface area contributed by atoms with Crippen LogP contribution in [0.4, 0.5) is 0 Å². The molecule has 6 aliphatic carbocycles. The van der Waals surface area contributed by atoms with Gasteiger partial charge in [0.15, 0.2) is 0 Å². The second-order valence-electron chi connectivity index (χ2n) is 26.1. The van der Waals surface area contributed by atoms with Crippen LogP contribution in [0.5, 0.6) is 0 Å². The van der Waals surface area contributed by atoms with E-state index in [9.17, 15) is 57.5 Å². The number of hydrogen-bond acceptors (Lipinski definition) is 24. The first-order valence-corrected chi connectivity index (χ1v) is 35.8. The molecule has 0 radical (unpaired) electrons. The van der Waals surface area contributed by atoms with E-state index < -0.39 is 17.9 Å². The Morgan fingerprint density at radius 2 is 0.630 bits per heavy atom. The highest BCUT2D eigenvalue weighted by Crippen LogP contribution is 2.41. The van der Waals surface area contributed by atoms with Crippen molar-refractivity contribution in [1.29, 1.82) is 0 Å². The largest absolute Gasteiger partial charge is 0.469 e. The van der Waals surface area contributed by atoms with Crippen LogP contribution in [0.2, 0.25) is 0 Å². The molecule has 6 aromatic rings. The van der Waals surface area contributed by atoms with Crippen molar-refractivity contribution < 1.29 is 114 Å². The molecule has 0 N–H and O–H groups in total. The van der Waals surface area contributed by atoms with Crippen molar-refractivity contribution in [3.63, 3.8) is 0 Å². The Labute approximate surface area is 629 Å². The molecule has 12 rings (SSSR count). The summed E-state index contributed by atoms with van der Waals surface area (Å²) in [4.78, 5) is 140. The van der Waals surface area contributed by atoms with Crippen LogP contribution in [0.15, 0.2) is 103 Å². The fourth-order valence-corrected chi connectivity index (χ4v) is 14.8. The van der Waals surface area contributed by atoms with Crippen molar-refractivity contribution in [1.82, 2.24) is 0 Å². The molecule has 0 aliphatic heterocycles. The lowest BCUT2D eigenvalue weighted by Gasteiger charge is -2.28. The molecule has 0 spiro atoms. The second kappa shape index (κ2) is 41.2. The predicted octanol–water partition coefficient (Wildman–Crippen LogP) is 12.2. The van der Waals surface area contributed by atoms with Crippen molar-refractivity contribution in [2.75, 3.05) is 85.3 Å². The Morgan fingerprint density at radius 3 is 1.11 bits per heavy atom. The first kappa shape index (κ1) is 84.2. The molecule has 0 saturated heterocycles. The summed E-state index contributed by atoms with van der Waals surface area (Å²) in [6.45, 7) is 0. The molecule has 576 valence electrons. The highest BCUT2D eigenvalue weighted by molar-refractivity contribution is 6.04. The zero-order chi connectivity index (χ0) is 78.7. The molecule has 24 heteroatoms. The van der Waals surface area contributed by atoms with Crippen molar-refractivity contribution in [3.05, 3.63) is 209 Å².